The average Bonchev–Trinajstić information content (AvgIpc) is 3.44. The quantitative estimate of drug-likeness (QED) is 0.0814. The van der Waals surface area contributed by atoms with Crippen molar-refractivity contribution in [2.45, 2.75) is 63.4 Å². The van der Waals surface area contributed by atoms with Gasteiger partial charge in [0.05, 0.1) is 26.1 Å². The lowest BCUT2D eigenvalue weighted by molar-refractivity contribution is -0.143. The number of H-pyrrole nitrogens is 1. The molecule has 5 amide bonds. The molecule has 0 bridgehead atoms. The van der Waals surface area contributed by atoms with Gasteiger partial charge in [-0.15, -0.1) is 0 Å². The highest BCUT2D eigenvalue weighted by Gasteiger charge is 2.32. The highest BCUT2D eigenvalue weighted by atomic mass is 16.4. The van der Waals surface area contributed by atoms with E-state index in [1.165, 1.54) is 19.4 Å². The van der Waals surface area contributed by atoms with Crippen LogP contribution >= 0.6 is 0 Å². The monoisotopic (exact) mass is 586 g/mol. The van der Waals surface area contributed by atoms with Crippen molar-refractivity contribution in [2.24, 2.45) is 11.7 Å². The number of aromatic nitrogens is 2. The molecular formula is C23H38N8O10. The van der Waals surface area contributed by atoms with Crippen LogP contribution in [-0.4, -0.2) is 122 Å². The molecule has 1 aromatic rings. The minimum Gasteiger partial charge on any atom is -0.480 e. The van der Waals surface area contributed by atoms with Gasteiger partial charge in [-0.25, -0.2) is 9.78 Å². The number of imidazole rings is 1. The average molecular weight is 587 g/mol. The van der Waals surface area contributed by atoms with E-state index >= 15 is 0 Å². The maximum atomic E-state index is 12.9. The molecule has 0 spiro atoms. The van der Waals surface area contributed by atoms with E-state index in [0.717, 1.165) is 0 Å². The SMILES string of the molecule is CC(C)[C@H](NC(=O)[C@H](C)NC(=O)[C@H](Cc1cnc[nH]1)NC(=O)[C@@H](N)CO)C(=O)N[C@@H](CO)C(=O)N[C@@H](CO)C(=O)O. The fourth-order valence-electron chi connectivity index (χ4n) is 3.29. The summed E-state index contributed by atoms with van der Waals surface area (Å²) in [5.41, 5.74) is 5.99. The Labute approximate surface area is 234 Å². The molecule has 0 aliphatic heterocycles. The molecule has 0 saturated heterocycles. The fraction of sp³-hybridized carbons (Fsp3) is 0.609. The van der Waals surface area contributed by atoms with Crippen LogP contribution in [0.3, 0.4) is 0 Å². The van der Waals surface area contributed by atoms with E-state index in [-0.39, 0.29) is 6.42 Å². The van der Waals surface area contributed by atoms with Gasteiger partial charge < -0.3 is 57.7 Å². The Bertz CT molecular complexity index is 1050. The van der Waals surface area contributed by atoms with Gasteiger partial charge >= 0.3 is 5.97 Å². The number of carbonyl (C=O) groups is 6. The second kappa shape index (κ2) is 16.9. The number of carbonyl (C=O) groups excluding carboxylic acids is 5. The number of rotatable bonds is 17. The summed E-state index contributed by atoms with van der Waals surface area (Å²) >= 11 is 0. The normalized spacial score (nSPS) is 15.4. The molecule has 0 aromatic carbocycles. The van der Waals surface area contributed by atoms with Crippen LogP contribution in [0.2, 0.25) is 0 Å². The van der Waals surface area contributed by atoms with E-state index < -0.39 is 97.5 Å². The molecule has 0 fully saturated rings. The Morgan fingerprint density at radius 2 is 1.34 bits per heavy atom. The standard InChI is InChI=1S/C23H38N8O10/c1-10(2)17(22(39)29-15(7-33)21(38)30-16(8-34)23(40)41)31-18(35)11(3)27-20(37)14(4-12-5-25-9-26-12)28-19(36)13(24)6-32/h5,9-11,13-17,32-34H,4,6-8,24H2,1-3H3,(H,25,26)(H,27,37)(H,28,36)(H,29,39)(H,30,38)(H,31,35)(H,40,41)/t11-,13-,14-,15-,16-,17-/m0/s1. The third-order valence-electron chi connectivity index (χ3n) is 5.76. The minimum atomic E-state index is -1.67. The zero-order chi connectivity index (χ0) is 31.3. The third kappa shape index (κ3) is 11.1. The van der Waals surface area contributed by atoms with Crippen molar-refractivity contribution in [3.63, 3.8) is 0 Å². The summed E-state index contributed by atoms with van der Waals surface area (Å²) in [6, 6.07) is -8.23. The molecule has 0 aliphatic rings. The fourth-order valence-corrected chi connectivity index (χ4v) is 3.29. The first-order valence-electron chi connectivity index (χ1n) is 12.6. The number of aliphatic hydroxyl groups excluding tert-OH is 3. The molecule has 0 unspecified atom stereocenters. The predicted molar refractivity (Wildman–Crippen MR) is 139 cm³/mol. The van der Waals surface area contributed by atoms with Crippen molar-refractivity contribution in [1.29, 1.82) is 0 Å². The summed E-state index contributed by atoms with van der Waals surface area (Å²) in [6.07, 6.45) is 2.73. The van der Waals surface area contributed by atoms with Gasteiger partial charge in [-0.2, -0.15) is 0 Å². The lowest BCUT2D eigenvalue weighted by atomic mass is 10.0. The summed E-state index contributed by atoms with van der Waals surface area (Å²) in [4.78, 5) is 80.8. The Morgan fingerprint density at radius 3 is 1.83 bits per heavy atom. The van der Waals surface area contributed by atoms with Crippen molar-refractivity contribution in [3.05, 3.63) is 18.2 Å². The van der Waals surface area contributed by atoms with Crippen LogP contribution in [0.25, 0.3) is 0 Å². The number of amides is 5. The van der Waals surface area contributed by atoms with Crippen LogP contribution in [-0.2, 0) is 35.2 Å². The van der Waals surface area contributed by atoms with Crippen molar-refractivity contribution in [1.82, 2.24) is 36.6 Å². The zero-order valence-corrected chi connectivity index (χ0v) is 22.8. The molecule has 1 aromatic heterocycles. The molecule has 12 N–H and O–H groups in total. The number of hydrogen-bond donors (Lipinski definition) is 11. The summed E-state index contributed by atoms with van der Waals surface area (Å²) in [5.74, 6) is -6.43. The Morgan fingerprint density at radius 1 is 0.780 bits per heavy atom. The minimum absolute atomic E-state index is 0.0509. The molecular weight excluding hydrogens is 548 g/mol. The number of nitrogens with one attached hydrogen (secondary N) is 6. The number of nitrogens with zero attached hydrogens (tertiary/aromatic N) is 1. The molecule has 6 atom stereocenters. The first-order valence-corrected chi connectivity index (χ1v) is 12.6. The molecule has 41 heavy (non-hydrogen) atoms. The highest BCUT2D eigenvalue weighted by molar-refractivity contribution is 5.96. The topological polar surface area (TPSA) is 298 Å². The molecule has 0 radical (unpaired) electrons. The van der Waals surface area contributed by atoms with Crippen LogP contribution in [0.1, 0.15) is 26.5 Å². The van der Waals surface area contributed by atoms with Gasteiger partial charge in [-0.1, -0.05) is 13.8 Å². The molecule has 0 aliphatic carbocycles. The molecule has 1 rings (SSSR count). The summed E-state index contributed by atoms with van der Waals surface area (Å²) in [6.45, 7) is 1.97. The van der Waals surface area contributed by atoms with Crippen molar-refractivity contribution >= 4 is 35.5 Å². The van der Waals surface area contributed by atoms with Gasteiger partial charge in [-0.3, -0.25) is 24.0 Å². The van der Waals surface area contributed by atoms with E-state index in [1.54, 1.807) is 13.8 Å². The molecule has 18 heteroatoms. The molecule has 1 heterocycles. The van der Waals surface area contributed by atoms with E-state index in [2.05, 4.69) is 31.2 Å². The smallest absolute Gasteiger partial charge is 0.328 e. The maximum Gasteiger partial charge on any atom is 0.328 e. The number of aliphatic hydroxyl groups is 3. The number of nitrogens with two attached hydrogens (primary N) is 1. The van der Waals surface area contributed by atoms with Crippen LogP contribution in [0.4, 0.5) is 0 Å². The van der Waals surface area contributed by atoms with Gasteiger partial charge in [0.2, 0.25) is 29.5 Å². The number of hydrogen-bond acceptors (Lipinski definition) is 11. The third-order valence-corrected chi connectivity index (χ3v) is 5.76. The Hall–Kier alpha value is -4.13. The molecule has 230 valence electrons. The van der Waals surface area contributed by atoms with Gasteiger partial charge in [-0.05, 0) is 12.8 Å². The van der Waals surface area contributed by atoms with Crippen LogP contribution in [0.15, 0.2) is 12.5 Å². The number of aliphatic carboxylic acids is 1. The van der Waals surface area contributed by atoms with E-state index in [9.17, 15) is 33.9 Å². The largest absolute Gasteiger partial charge is 0.480 e. The van der Waals surface area contributed by atoms with Crippen molar-refractivity contribution in [3.8, 4) is 0 Å². The highest BCUT2D eigenvalue weighted by Crippen LogP contribution is 2.05. The first kappa shape index (κ1) is 34.9. The van der Waals surface area contributed by atoms with E-state index in [0.29, 0.717) is 5.69 Å². The zero-order valence-electron chi connectivity index (χ0n) is 22.8. The lowest BCUT2D eigenvalue weighted by Crippen LogP contribution is -2.60. The van der Waals surface area contributed by atoms with E-state index in [1.807, 2.05) is 5.32 Å². The lowest BCUT2D eigenvalue weighted by Gasteiger charge is -2.27. The second-order valence-corrected chi connectivity index (χ2v) is 9.42. The molecule has 0 saturated carbocycles. The van der Waals surface area contributed by atoms with Gasteiger partial charge in [0.15, 0.2) is 0 Å². The Kier molecular flexibility index (Phi) is 14.3. The van der Waals surface area contributed by atoms with E-state index in [4.69, 9.17) is 21.1 Å². The van der Waals surface area contributed by atoms with Crippen LogP contribution < -0.4 is 32.3 Å². The number of carboxylic acid groups (broad SMARTS) is 1. The summed E-state index contributed by atoms with van der Waals surface area (Å²) in [5, 5.41) is 48.1. The van der Waals surface area contributed by atoms with Gasteiger partial charge in [0.25, 0.3) is 0 Å². The van der Waals surface area contributed by atoms with Gasteiger partial charge in [0.1, 0.15) is 36.3 Å². The number of carboxylic acids is 1. The second-order valence-electron chi connectivity index (χ2n) is 9.42. The Balaban J connectivity index is 2.91. The first-order chi connectivity index (χ1) is 19.2. The number of aromatic amines is 1. The van der Waals surface area contributed by atoms with Crippen LogP contribution in [0.5, 0.6) is 0 Å². The van der Waals surface area contributed by atoms with Crippen molar-refractivity contribution in [2.75, 3.05) is 19.8 Å². The maximum absolute atomic E-state index is 12.9. The van der Waals surface area contributed by atoms with Crippen LogP contribution in [0, 0.1) is 5.92 Å². The van der Waals surface area contributed by atoms with Gasteiger partial charge in [0, 0.05) is 18.3 Å². The molecule has 18 nitrogen and oxygen atoms in total. The predicted octanol–water partition coefficient (Wildman–Crippen LogP) is -5.56. The summed E-state index contributed by atoms with van der Waals surface area (Å²) in [7, 11) is 0. The van der Waals surface area contributed by atoms with Crippen molar-refractivity contribution < 1.29 is 49.2 Å². The summed E-state index contributed by atoms with van der Waals surface area (Å²) < 4.78 is 0.